The number of benzene rings is 2. The molecule has 3 aromatic rings. The average Bonchev–Trinajstić information content (AvgIpc) is 3.24. The zero-order valence-corrected chi connectivity index (χ0v) is 17.2. The Morgan fingerprint density at radius 3 is 2.52 bits per heavy atom. The molecule has 0 atom stereocenters. The number of amides is 1. The van der Waals surface area contributed by atoms with Gasteiger partial charge in [-0.05, 0) is 47.2 Å². The Morgan fingerprint density at radius 1 is 1.14 bits per heavy atom. The Morgan fingerprint density at radius 2 is 1.86 bits per heavy atom. The van der Waals surface area contributed by atoms with Gasteiger partial charge in [0.2, 0.25) is 10.0 Å². The number of para-hydroxylation sites is 1. The first-order valence-electron chi connectivity index (χ1n) is 9.13. The van der Waals surface area contributed by atoms with Gasteiger partial charge in [-0.3, -0.25) is 4.79 Å². The predicted molar refractivity (Wildman–Crippen MR) is 108 cm³/mol. The maximum absolute atomic E-state index is 12.9. The highest BCUT2D eigenvalue weighted by atomic mass is 32.2. The molecule has 0 spiro atoms. The molecule has 29 heavy (non-hydrogen) atoms. The number of aryl methyl sites for hydroxylation is 1. The topological polar surface area (TPSA) is 110 Å². The third-order valence-corrected chi connectivity index (χ3v) is 6.71. The maximum atomic E-state index is 12.9. The molecule has 0 bridgehead atoms. The van der Waals surface area contributed by atoms with E-state index in [9.17, 15) is 13.2 Å². The lowest BCUT2D eigenvalue weighted by atomic mass is 10.1. The highest BCUT2D eigenvalue weighted by Gasteiger charge is 2.24. The van der Waals surface area contributed by atoms with Crippen LogP contribution in [0.2, 0.25) is 0 Å². The van der Waals surface area contributed by atoms with E-state index in [-0.39, 0.29) is 4.90 Å². The highest BCUT2D eigenvalue weighted by Crippen LogP contribution is 2.24. The summed E-state index contributed by atoms with van der Waals surface area (Å²) in [5, 5.41) is 13.8. The maximum Gasteiger partial charge on any atom is 0.257 e. The summed E-state index contributed by atoms with van der Waals surface area (Å²) in [5.74, 6) is -0.397. The fourth-order valence-electron chi connectivity index (χ4n) is 2.99. The van der Waals surface area contributed by atoms with Crippen LogP contribution in [0, 0.1) is 6.92 Å². The van der Waals surface area contributed by atoms with Crippen LogP contribution in [0.3, 0.4) is 0 Å². The van der Waals surface area contributed by atoms with Crippen molar-refractivity contribution >= 4 is 21.6 Å². The van der Waals surface area contributed by atoms with Gasteiger partial charge in [-0.15, -0.1) is 5.10 Å². The first kappa shape index (κ1) is 20.6. The molecule has 1 aromatic heterocycles. The third-order valence-electron chi connectivity index (χ3n) is 4.51. The van der Waals surface area contributed by atoms with Gasteiger partial charge in [0.15, 0.2) is 0 Å². The molecule has 152 valence electrons. The molecule has 1 N–H and O–H groups in total. The van der Waals surface area contributed by atoms with Crippen LogP contribution in [0.1, 0.15) is 29.8 Å². The lowest BCUT2D eigenvalue weighted by molar-refractivity contribution is 0.102. The second-order valence-corrected chi connectivity index (χ2v) is 8.20. The van der Waals surface area contributed by atoms with Crippen molar-refractivity contribution in [3.05, 3.63) is 59.9 Å². The minimum absolute atomic E-state index is 0.174. The van der Waals surface area contributed by atoms with E-state index in [2.05, 4.69) is 20.8 Å². The standard InChI is InChI=1S/C19H22N6O3S/c1-4-24(5-2)29(27,28)18-12-15(11-10-14(18)3)21-19(26)16-8-6-7-9-17(16)25-13-20-22-23-25/h6-13H,4-5H2,1-3H3,(H,21,26). The van der Waals surface area contributed by atoms with Crippen molar-refractivity contribution in [1.82, 2.24) is 24.5 Å². The number of rotatable bonds is 7. The van der Waals surface area contributed by atoms with Crippen molar-refractivity contribution in [1.29, 1.82) is 0 Å². The highest BCUT2D eigenvalue weighted by molar-refractivity contribution is 7.89. The number of carbonyl (C=O) groups is 1. The van der Waals surface area contributed by atoms with Crippen molar-refractivity contribution in [2.24, 2.45) is 0 Å². The van der Waals surface area contributed by atoms with Crippen LogP contribution in [0.25, 0.3) is 5.69 Å². The molecule has 0 unspecified atom stereocenters. The zero-order valence-electron chi connectivity index (χ0n) is 16.4. The minimum atomic E-state index is -3.65. The van der Waals surface area contributed by atoms with Crippen molar-refractivity contribution in [3.8, 4) is 5.69 Å². The van der Waals surface area contributed by atoms with E-state index in [1.165, 1.54) is 21.4 Å². The van der Waals surface area contributed by atoms with Crippen molar-refractivity contribution in [3.63, 3.8) is 0 Å². The molecule has 3 rings (SSSR count). The first-order chi connectivity index (χ1) is 13.9. The van der Waals surface area contributed by atoms with Crippen molar-refractivity contribution in [2.75, 3.05) is 18.4 Å². The Labute approximate surface area is 169 Å². The zero-order chi connectivity index (χ0) is 21.0. The number of anilines is 1. The van der Waals surface area contributed by atoms with E-state index in [0.29, 0.717) is 35.6 Å². The summed E-state index contributed by atoms with van der Waals surface area (Å²) in [4.78, 5) is 13.0. The number of nitrogens with zero attached hydrogens (tertiary/aromatic N) is 5. The molecule has 0 aliphatic rings. The second kappa shape index (κ2) is 8.50. The van der Waals surface area contributed by atoms with Crippen LogP contribution >= 0.6 is 0 Å². The van der Waals surface area contributed by atoms with Gasteiger partial charge in [0.05, 0.1) is 16.1 Å². The fraction of sp³-hybridized carbons (Fsp3) is 0.263. The molecule has 0 fully saturated rings. The Balaban J connectivity index is 1.94. The van der Waals surface area contributed by atoms with E-state index in [4.69, 9.17) is 0 Å². The normalized spacial score (nSPS) is 11.6. The fourth-order valence-corrected chi connectivity index (χ4v) is 4.70. The van der Waals surface area contributed by atoms with Gasteiger partial charge in [0.1, 0.15) is 6.33 Å². The SMILES string of the molecule is CCN(CC)S(=O)(=O)c1cc(NC(=O)c2ccccc2-n2cnnn2)ccc1C. The molecule has 1 amide bonds. The third kappa shape index (κ3) is 4.17. The number of hydrogen-bond acceptors (Lipinski definition) is 6. The molecular formula is C19H22N6O3S. The van der Waals surface area contributed by atoms with Gasteiger partial charge in [0.25, 0.3) is 5.91 Å². The second-order valence-electron chi connectivity index (χ2n) is 6.30. The molecule has 0 saturated heterocycles. The molecular weight excluding hydrogens is 392 g/mol. The van der Waals surface area contributed by atoms with E-state index in [1.807, 2.05) is 0 Å². The Bertz CT molecular complexity index is 1110. The summed E-state index contributed by atoms with van der Waals surface area (Å²) in [6.45, 7) is 6.05. The number of hydrogen-bond donors (Lipinski definition) is 1. The molecule has 0 saturated carbocycles. The Kier molecular flexibility index (Phi) is 6.04. The smallest absolute Gasteiger partial charge is 0.257 e. The van der Waals surface area contributed by atoms with E-state index >= 15 is 0 Å². The van der Waals surface area contributed by atoms with Crippen LogP contribution < -0.4 is 5.32 Å². The molecule has 1 heterocycles. The number of carbonyl (C=O) groups excluding carboxylic acids is 1. The van der Waals surface area contributed by atoms with E-state index in [1.54, 1.807) is 57.2 Å². The predicted octanol–water partition coefficient (Wildman–Crippen LogP) is 2.25. The van der Waals surface area contributed by atoms with Crippen LogP contribution in [-0.4, -0.2) is 51.9 Å². The average molecular weight is 414 g/mol. The van der Waals surface area contributed by atoms with E-state index in [0.717, 1.165) is 0 Å². The molecule has 10 heteroatoms. The van der Waals surface area contributed by atoms with Crippen molar-refractivity contribution < 1.29 is 13.2 Å². The summed E-state index contributed by atoms with van der Waals surface area (Å²) >= 11 is 0. The van der Waals surface area contributed by atoms with Gasteiger partial charge >= 0.3 is 0 Å². The quantitative estimate of drug-likeness (QED) is 0.635. The molecule has 2 aromatic carbocycles. The van der Waals surface area contributed by atoms with Crippen molar-refractivity contribution in [2.45, 2.75) is 25.7 Å². The minimum Gasteiger partial charge on any atom is -0.322 e. The molecule has 0 aliphatic carbocycles. The Hall–Kier alpha value is -3.11. The van der Waals surface area contributed by atoms with Gasteiger partial charge in [-0.25, -0.2) is 8.42 Å². The van der Waals surface area contributed by atoms with Crippen LogP contribution in [0.5, 0.6) is 0 Å². The number of tetrazole rings is 1. The van der Waals surface area contributed by atoms with Gasteiger partial charge in [-0.2, -0.15) is 8.99 Å². The molecule has 9 nitrogen and oxygen atoms in total. The number of aromatic nitrogens is 4. The number of nitrogens with one attached hydrogen (secondary N) is 1. The lowest BCUT2D eigenvalue weighted by Gasteiger charge is -2.20. The van der Waals surface area contributed by atoms with Crippen LogP contribution in [0.15, 0.2) is 53.7 Å². The molecule has 0 radical (unpaired) electrons. The summed E-state index contributed by atoms with van der Waals surface area (Å²) < 4.78 is 28.6. The van der Waals surface area contributed by atoms with Gasteiger partial charge in [0, 0.05) is 18.8 Å². The molecule has 0 aliphatic heterocycles. The van der Waals surface area contributed by atoms with Crippen LogP contribution in [0.4, 0.5) is 5.69 Å². The lowest BCUT2D eigenvalue weighted by Crippen LogP contribution is -2.31. The van der Waals surface area contributed by atoms with Crippen LogP contribution in [-0.2, 0) is 10.0 Å². The summed E-state index contributed by atoms with van der Waals surface area (Å²) in [6, 6.07) is 11.7. The number of sulfonamides is 1. The van der Waals surface area contributed by atoms with Gasteiger partial charge in [-0.1, -0.05) is 32.0 Å². The monoisotopic (exact) mass is 414 g/mol. The summed E-state index contributed by atoms with van der Waals surface area (Å²) in [7, 11) is -3.65. The van der Waals surface area contributed by atoms with E-state index < -0.39 is 15.9 Å². The first-order valence-corrected chi connectivity index (χ1v) is 10.6. The van der Waals surface area contributed by atoms with Gasteiger partial charge < -0.3 is 5.32 Å². The summed E-state index contributed by atoms with van der Waals surface area (Å²) in [5.41, 5.74) is 1.87. The summed E-state index contributed by atoms with van der Waals surface area (Å²) in [6.07, 6.45) is 1.40. The largest absolute Gasteiger partial charge is 0.322 e.